The Hall–Kier alpha value is -1.08. The average Bonchev–Trinajstić information content (AvgIpc) is 2.69. The lowest BCUT2D eigenvalue weighted by atomic mass is 10.1. The highest BCUT2D eigenvalue weighted by molar-refractivity contribution is 6.60. The van der Waals surface area contributed by atoms with Gasteiger partial charge in [-0.2, -0.15) is 0 Å². The Labute approximate surface area is 173 Å². The minimum absolute atomic E-state index is 0.651. The first-order chi connectivity index (χ1) is 13.7. The number of unbranched alkanes of at least 4 members (excludes halogenated alkanes) is 5. The summed E-state index contributed by atoms with van der Waals surface area (Å²) in [7, 11) is -2.46. The van der Waals surface area contributed by atoms with Gasteiger partial charge in [0.25, 0.3) is 0 Å². The molecule has 6 heteroatoms. The van der Waals surface area contributed by atoms with Gasteiger partial charge in [0, 0.05) is 25.9 Å². The minimum Gasteiger partial charge on any atom is -0.490 e. The maximum absolute atomic E-state index is 5.91. The van der Waals surface area contributed by atoms with E-state index in [1.807, 2.05) is 52.0 Å². The number of hydrogen-bond acceptors (Lipinski definition) is 5. The van der Waals surface area contributed by atoms with Crippen LogP contribution in [-0.4, -0.2) is 41.8 Å². The van der Waals surface area contributed by atoms with Crippen LogP contribution < -0.4 is 9.47 Å². The summed E-state index contributed by atoms with van der Waals surface area (Å²) in [4.78, 5) is 0. The zero-order chi connectivity index (χ0) is 20.5. The second-order valence-corrected chi connectivity index (χ2v) is 9.31. The summed E-state index contributed by atoms with van der Waals surface area (Å²) in [5.74, 6) is 1.67. The van der Waals surface area contributed by atoms with Gasteiger partial charge in [0.1, 0.15) is 0 Å². The van der Waals surface area contributed by atoms with Crippen molar-refractivity contribution in [2.45, 2.75) is 72.3 Å². The number of benzene rings is 1. The molecule has 28 heavy (non-hydrogen) atoms. The van der Waals surface area contributed by atoms with Crippen LogP contribution in [0.3, 0.4) is 0 Å². The predicted octanol–water partition coefficient (Wildman–Crippen LogP) is 5.85. The van der Waals surface area contributed by atoms with Gasteiger partial charge in [-0.05, 0) is 52.7 Å². The van der Waals surface area contributed by atoms with Crippen molar-refractivity contribution in [3.8, 4) is 11.5 Å². The largest absolute Gasteiger partial charge is 0.500 e. The van der Waals surface area contributed by atoms with Gasteiger partial charge >= 0.3 is 8.80 Å². The summed E-state index contributed by atoms with van der Waals surface area (Å²) in [5.41, 5.74) is 0. The topological polar surface area (TPSA) is 46.2 Å². The zero-order valence-electron chi connectivity index (χ0n) is 18.3. The molecule has 0 aliphatic rings. The first-order valence-electron chi connectivity index (χ1n) is 11.0. The van der Waals surface area contributed by atoms with E-state index in [-0.39, 0.29) is 0 Å². The number of para-hydroxylation sites is 2. The molecule has 0 unspecified atom stereocenters. The van der Waals surface area contributed by atoms with Crippen molar-refractivity contribution in [3.63, 3.8) is 0 Å². The normalized spacial score (nSPS) is 11.6. The van der Waals surface area contributed by atoms with Crippen LogP contribution in [-0.2, 0) is 13.3 Å². The first-order valence-corrected chi connectivity index (χ1v) is 12.9. The quantitative estimate of drug-likeness (QED) is 0.223. The van der Waals surface area contributed by atoms with Gasteiger partial charge < -0.3 is 22.8 Å². The van der Waals surface area contributed by atoms with Crippen LogP contribution in [0.4, 0.5) is 0 Å². The number of hydrogen-bond donors (Lipinski definition) is 0. The van der Waals surface area contributed by atoms with E-state index >= 15 is 0 Å². The third kappa shape index (κ3) is 9.91. The minimum atomic E-state index is -2.46. The molecule has 0 aliphatic carbocycles. The van der Waals surface area contributed by atoms with Gasteiger partial charge in [-0.15, -0.1) is 0 Å². The molecule has 5 nitrogen and oxygen atoms in total. The lowest BCUT2D eigenvalue weighted by Crippen LogP contribution is -2.45. The molecule has 0 N–H and O–H groups in total. The van der Waals surface area contributed by atoms with Crippen molar-refractivity contribution in [2.24, 2.45) is 0 Å². The van der Waals surface area contributed by atoms with Gasteiger partial charge in [0.15, 0.2) is 11.5 Å². The Bertz CT molecular complexity index is 481. The van der Waals surface area contributed by atoms with Crippen LogP contribution in [0.25, 0.3) is 0 Å². The molecule has 1 aromatic carbocycles. The van der Waals surface area contributed by atoms with E-state index in [2.05, 4.69) is 0 Å². The Morgan fingerprint density at radius 1 is 0.607 bits per heavy atom. The molecular formula is C22H40O5Si. The SMILES string of the molecule is CCOc1ccccc1OCCCCCCCC[Si](OCC)(OCC)OCC. The highest BCUT2D eigenvalue weighted by Gasteiger charge is 2.39. The third-order valence-electron chi connectivity index (χ3n) is 4.38. The third-order valence-corrected chi connectivity index (χ3v) is 7.53. The van der Waals surface area contributed by atoms with E-state index in [9.17, 15) is 0 Å². The summed E-state index contributed by atoms with van der Waals surface area (Å²) in [6.07, 6.45) is 6.99. The van der Waals surface area contributed by atoms with Crippen LogP contribution in [0.2, 0.25) is 6.04 Å². The summed E-state index contributed by atoms with van der Waals surface area (Å²) >= 11 is 0. The van der Waals surface area contributed by atoms with Gasteiger partial charge in [-0.25, -0.2) is 0 Å². The Kier molecular flexibility index (Phi) is 14.1. The molecule has 0 heterocycles. The predicted molar refractivity (Wildman–Crippen MR) is 116 cm³/mol. The van der Waals surface area contributed by atoms with Crippen molar-refractivity contribution >= 4 is 8.80 Å². The van der Waals surface area contributed by atoms with Gasteiger partial charge in [0.2, 0.25) is 0 Å². The van der Waals surface area contributed by atoms with Gasteiger partial charge in [-0.3, -0.25) is 0 Å². The molecule has 1 rings (SSSR count). The molecule has 0 atom stereocenters. The summed E-state index contributed by atoms with van der Waals surface area (Å²) in [6.45, 7) is 11.4. The Morgan fingerprint density at radius 3 is 1.64 bits per heavy atom. The number of ether oxygens (including phenoxy) is 2. The molecule has 0 aliphatic heterocycles. The molecule has 0 saturated carbocycles. The average molecular weight is 413 g/mol. The van der Waals surface area contributed by atoms with Gasteiger partial charge in [-0.1, -0.05) is 37.8 Å². The molecule has 0 amide bonds. The molecule has 0 bridgehead atoms. The van der Waals surface area contributed by atoms with Crippen molar-refractivity contribution < 1.29 is 22.8 Å². The molecule has 0 saturated heterocycles. The van der Waals surface area contributed by atoms with E-state index < -0.39 is 8.80 Å². The van der Waals surface area contributed by atoms with E-state index in [4.69, 9.17) is 22.8 Å². The Morgan fingerprint density at radius 2 is 1.11 bits per heavy atom. The monoisotopic (exact) mass is 412 g/mol. The lowest BCUT2D eigenvalue weighted by molar-refractivity contribution is 0.0706. The number of rotatable bonds is 18. The maximum Gasteiger partial charge on any atom is 0.500 e. The molecule has 0 radical (unpaired) electrons. The fourth-order valence-electron chi connectivity index (χ4n) is 3.18. The fraction of sp³-hybridized carbons (Fsp3) is 0.727. The molecular weight excluding hydrogens is 372 g/mol. The van der Waals surface area contributed by atoms with Crippen LogP contribution in [0, 0.1) is 0 Å². The molecule has 0 aromatic heterocycles. The van der Waals surface area contributed by atoms with Crippen molar-refractivity contribution in [3.05, 3.63) is 24.3 Å². The van der Waals surface area contributed by atoms with E-state index in [1.165, 1.54) is 25.7 Å². The van der Waals surface area contributed by atoms with E-state index in [0.29, 0.717) is 26.4 Å². The second kappa shape index (κ2) is 15.8. The standard InChI is InChI=1S/C22H40O5Si/c1-5-23-21-17-13-14-18-22(21)24-19-15-11-9-10-12-16-20-28(25-6-2,26-7-3)27-8-4/h13-14,17-18H,5-12,15-16,19-20H2,1-4H3. The molecule has 162 valence electrons. The van der Waals surface area contributed by atoms with Crippen LogP contribution in [0.15, 0.2) is 24.3 Å². The van der Waals surface area contributed by atoms with E-state index in [1.54, 1.807) is 0 Å². The molecule has 0 fully saturated rings. The summed E-state index contributed by atoms with van der Waals surface area (Å²) in [5, 5.41) is 0. The molecule has 0 spiro atoms. The second-order valence-electron chi connectivity index (χ2n) is 6.58. The lowest BCUT2D eigenvalue weighted by Gasteiger charge is -2.28. The van der Waals surface area contributed by atoms with E-state index in [0.717, 1.165) is 37.0 Å². The molecule has 1 aromatic rings. The highest BCUT2D eigenvalue weighted by atomic mass is 28.4. The van der Waals surface area contributed by atoms with Gasteiger partial charge in [0.05, 0.1) is 13.2 Å². The van der Waals surface area contributed by atoms with Crippen LogP contribution in [0.5, 0.6) is 11.5 Å². The summed E-state index contributed by atoms with van der Waals surface area (Å²) in [6, 6.07) is 8.79. The van der Waals surface area contributed by atoms with Crippen LogP contribution >= 0.6 is 0 Å². The van der Waals surface area contributed by atoms with Crippen molar-refractivity contribution in [1.82, 2.24) is 0 Å². The van der Waals surface area contributed by atoms with Crippen molar-refractivity contribution in [2.75, 3.05) is 33.0 Å². The first kappa shape index (κ1) is 25.0. The zero-order valence-corrected chi connectivity index (χ0v) is 19.3. The maximum atomic E-state index is 5.91. The smallest absolute Gasteiger partial charge is 0.490 e. The van der Waals surface area contributed by atoms with Crippen LogP contribution in [0.1, 0.15) is 66.2 Å². The highest BCUT2D eigenvalue weighted by Crippen LogP contribution is 2.26. The fourth-order valence-corrected chi connectivity index (χ4v) is 5.86. The van der Waals surface area contributed by atoms with Crippen molar-refractivity contribution in [1.29, 1.82) is 0 Å². The summed E-state index contributed by atoms with van der Waals surface area (Å²) < 4.78 is 29.2. The Balaban J connectivity index is 2.15.